The summed E-state index contributed by atoms with van der Waals surface area (Å²) in [4.78, 5) is 22.7. The summed E-state index contributed by atoms with van der Waals surface area (Å²) in [5, 5.41) is 0. The van der Waals surface area contributed by atoms with Gasteiger partial charge in [-0.15, -0.1) is 6.58 Å². The summed E-state index contributed by atoms with van der Waals surface area (Å²) >= 11 is 0. The average Bonchev–Trinajstić information content (AvgIpc) is 2.18. The number of ether oxygens (including phenoxy) is 1. The van der Waals surface area contributed by atoms with Crippen molar-refractivity contribution in [1.29, 1.82) is 0 Å². The van der Waals surface area contributed by atoms with Gasteiger partial charge in [-0.2, -0.15) is 0 Å². The third-order valence-electron chi connectivity index (χ3n) is 1.96. The molecule has 74 valence electrons. The zero-order valence-corrected chi connectivity index (χ0v) is 8.08. The highest BCUT2D eigenvalue weighted by molar-refractivity contribution is 6.19. The standard InChI is InChI=1S/C11H12O3/c1-3-4-5-8-6-10(13)11(14-2)7-9(8)12/h3,6-7H,1,4-5H2,2H3. The highest BCUT2D eigenvalue weighted by Crippen LogP contribution is 2.16. The van der Waals surface area contributed by atoms with E-state index in [4.69, 9.17) is 4.74 Å². The number of allylic oxidation sites excluding steroid dienone is 4. The van der Waals surface area contributed by atoms with Gasteiger partial charge in [0.1, 0.15) is 0 Å². The summed E-state index contributed by atoms with van der Waals surface area (Å²) < 4.78 is 4.75. The van der Waals surface area contributed by atoms with Gasteiger partial charge in [-0.05, 0) is 18.9 Å². The number of hydrogen-bond acceptors (Lipinski definition) is 3. The molecule has 0 spiro atoms. The van der Waals surface area contributed by atoms with Crippen LogP contribution in [0.25, 0.3) is 0 Å². The molecule has 0 saturated carbocycles. The molecule has 0 heterocycles. The van der Waals surface area contributed by atoms with Crippen molar-refractivity contribution < 1.29 is 14.3 Å². The minimum Gasteiger partial charge on any atom is -0.493 e. The van der Waals surface area contributed by atoms with E-state index in [1.54, 1.807) is 6.08 Å². The van der Waals surface area contributed by atoms with Crippen LogP contribution in [0.4, 0.5) is 0 Å². The number of methoxy groups -OCH3 is 1. The van der Waals surface area contributed by atoms with Crippen LogP contribution >= 0.6 is 0 Å². The first-order chi connectivity index (χ1) is 6.69. The van der Waals surface area contributed by atoms with Crippen molar-refractivity contribution >= 4 is 11.6 Å². The lowest BCUT2D eigenvalue weighted by atomic mass is 9.98. The molecule has 3 nitrogen and oxygen atoms in total. The van der Waals surface area contributed by atoms with Crippen LogP contribution in [-0.4, -0.2) is 18.7 Å². The topological polar surface area (TPSA) is 43.4 Å². The summed E-state index contributed by atoms with van der Waals surface area (Å²) in [7, 11) is 1.37. The molecule has 0 bridgehead atoms. The van der Waals surface area contributed by atoms with E-state index in [-0.39, 0.29) is 17.3 Å². The molecule has 0 radical (unpaired) electrons. The van der Waals surface area contributed by atoms with Gasteiger partial charge < -0.3 is 4.74 Å². The molecule has 0 aromatic rings. The maximum Gasteiger partial charge on any atom is 0.220 e. The minimum atomic E-state index is -0.244. The number of carbonyl (C=O) groups is 2. The average molecular weight is 192 g/mol. The largest absolute Gasteiger partial charge is 0.493 e. The van der Waals surface area contributed by atoms with E-state index in [1.807, 2.05) is 0 Å². The van der Waals surface area contributed by atoms with E-state index in [1.165, 1.54) is 19.3 Å². The molecule has 1 aliphatic carbocycles. The minimum absolute atomic E-state index is 0.109. The molecule has 3 heteroatoms. The molecule has 0 atom stereocenters. The van der Waals surface area contributed by atoms with Crippen molar-refractivity contribution in [2.75, 3.05) is 7.11 Å². The molecule has 0 aliphatic heterocycles. The lowest BCUT2D eigenvalue weighted by molar-refractivity contribution is -0.117. The second kappa shape index (κ2) is 4.56. The van der Waals surface area contributed by atoms with Crippen molar-refractivity contribution in [2.45, 2.75) is 12.8 Å². The van der Waals surface area contributed by atoms with Crippen LogP contribution in [0, 0.1) is 0 Å². The Morgan fingerprint density at radius 1 is 1.36 bits per heavy atom. The van der Waals surface area contributed by atoms with E-state index in [2.05, 4.69) is 6.58 Å². The van der Waals surface area contributed by atoms with Crippen molar-refractivity contribution in [1.82, 2.24) is 0 Å². The van der Waals surface area contributed by atoms with Crippen molar-refractivity contribution in [3.8, 4) is 0 Å². The summed E-state index contributed by atoms with van der Waals surface area (Å²) in [6.07, 6.45) is 5.54. The lowest BCUT2D eigenvalue weighted by Gasteiger charge is -2.09. The van der Waals surface area contributed by atoms with Crippen LogP contribution in [0.3, 0.4) is 0 Å². The fourth-order valence-corrected chi connectivity index (χ4v) is 1.20. The van der Waals surface area contributed by atoms with Crippen LogP contribution in [0.1, 0.15) is 12.8 Å². The van der Waals surface area contributed by atoms with E-state index < -0.39 is 0 Å². The monoisotopic (exact) mass is 192 g/mol. The van der Waals surface area contributed by atoms with Gasteiger partial charge in [-0.1, -0.05) is 6.08 Å². The van der Waals surface area contributed by atoms with Crippen LogP contribution in [0.2, 0.25) is 0 Å². The Morgan fingerprint density at radius 3 is 2.64 bits per heavy atom. The summed E-state index contributed by atoms with van der Waals surface area (Å²) in [6, 6.07) is 0. The van der Waals surface area contributed by atoms with Crippen LogP contribution in [-0.2, 0) is 14.3 Å². The van der Waals surface area contributed by atoms with Crippen LogP contribution < -0.4 is 0 Å². The zero-order chi connectivity index (χ0) is 10.6. The number of ketones is 2. The Morgan fingerprint density at radius 2 is 2.07 bits per heavy atom. The number of carbonyl (C=O) groups excluding carboxylic acids is 2. The van der Waals surface area contributed by atoms with E-state index >= 15 is 0 Å². The van der Waals surface area contributed by atoms with Gasteiger partial charge in [0.25, 0.3) is 0 Å². The normalized spacial score (nSPS) is 16.1. The Bertz CT molecular complexity index is 334. The van der Waals surface area contributed by atoms with Gasteiger partial charge in [0.2, 0.25) is 5.78 Å². The maximum atomic E-state index is 11.4. The van der Waals surface area contributed by atoms with Gasteiger partial charge in [-0.3, -0.25) is 9.59 Å². The molecule has 0 amide bonds. The quantitative estimate of drug-likeness (QED) is 0.501. The highest BCUT2D eigenvalue weighted by Gasteiger charge is 2.19. The Labute approximate surface area is 82.8 Å². The second-order valence-corrected chi connectivity index (χ2v) is 2.94. The number of rotatable bonds is 4. The third kappa shape index (κ3) is 2.19. The van der Waals surface area contributed by atoms with Crippen molar-refractivity contribution in [3.05, 3.63) is 36.1 Å². The molecular formula is C11H12O3. The molecule has 0 aromatic heterocycles. The van der Waals surface area contributed by atoms with Gasteiger partial charge in [0.05, 0.1) is 7.11 Å². The van der Waals surface area contributed by atoms with Gasteiger partial charge in [0.15, 0.2) is 11.5 Å². The highest BCUT2D eigenvalue weighted by atomic mass is 16.5. The summed E-state index contributed by atoms with van der Waals surface area (Å²) in [5.74, 6) is -0.285. The zero-order valence-electron chi connectivity index (χ0n) is 8.08. The van der Waals surface area contributed by atoms with E-state index in [0.717, 1.165) is 0 Å². The first-order valence-electron chi connectivity index (χ1n) is 4.35. The first-order valence-corrected chi connectivity index (χ1v) is 4.35. The molecule has 0 aromatic carbocycles. The Balaban J connectivity index is 2.78. The molecule has 0 fully saturated rings. The maximum absolute atomic E-state index is 11.4. The molecule has 0 saturated heterocycles. The van der Waals surface area contributed by atoms with E-state index in [0.29, 0.717) is 18.4 Å². The SMILES string of the molecule is C=CCCC1=CC(=O)C(OC)=CC1=O. The predicted octanol–water partition coefficient (Wildman–Crippen LogP) is 1.56. The van der Waals surface area contributed by atoms with Gasteiger partial charge in [0, 0.05) is 11.6 Å². The van der Waals surface area contributed by atoms with Gasteiger partial charge in [-0.25, -0.2) is 0 Å². The smallest absolute Gasteiger partial charge is 0.220 e. The lowest BCUT2D eigenvalue weighted by Crippen LogP contribution is -2.14. The first kappa shape index (κ1) is 10.4. The molecule has 1 aliphatic rings. The predicted molar refractivity (Wildman–Crippen MR) is 52.6 cm³/mol. The third-order valence-corrected chi connectivity index (χ3v) is 1.96. The molecule has 14 heavy (non-hydrogen) atoms. The molecule has 0 N–H and O–H groups in total. The fourth-order valence-electron chi connectivity index (χ4n) is 1.20. The van der Waals surface area contributed by atoms with Gasteiger partial charge >= 0.3 is 0 Å². The molecular weight excluding hydrogens is 180 g/mol. The van der Waals surface area contributed by atoms with Crippen molar-refractivity contribution in [3.63, 3.8) is 0 Å². The Hall–Kier alpha value is -1.64. The second-order valence-electron chi connectivity index (χ2n) is 2.94. The Kier molecular flexibility index (Phi) is 3.40. The molecule has 1 rings (SSSR count). The fraction of sp³-hybridized carbons (Fsp3) is 0.273. The summed E-state index contributed by atoms with van der Waals surface area (Å²) in [6.45, 7) is 3.56. The van der Waals surface area contributed by atoms with Crippen LogP contribution in [0.15, 0.2) is 36.1 Å². The number of hydrogen-bond donors (Lipinski definition) is 0. The van der Waals surface area contributed by atoms with Crippen molar-refractivity contribution in [2.24, 2.45) is 0 Å². The molecule has 0 unspecified atom stereocenters. The summed E-state index contributed by atoms with van der Waals surface area (Å²) in [5.41, 5.74) is 0.524. The van der Waals surface area contributed by atoms with Crippen LogP contribution in [0.5, 0.6) is 0 Å². The van der Waals surface area contributed by atoms with E-state index in [9.17, 15) is 9.59 Å².